The van der Waals surface area contributed by atoms with Gasteiger partial charge >= 0.3 is 18.9 Å². The summed E-state index contributed by atoms with van der Waals surface area (Å²) in [4.78, 5) is 0. The van der Waals surface area contributed by atoms with E-state index < -0.39 is 32.6 Å². The van der Waals surface area contributed by atoms with Gasteiger partial charge in [-0.1, -0.05) is 65.5 Å². The van der Waals surface area contributed by atoms with Crippen molar-refractivity contribution in [1.82, 2.24) is 0 Å². The first-order valence-corrected chi connectivity index (χ1v) is 22.0. The van der Waals surface area contributed by atoms with Crippen LogP contribution in [0.1, 0.15) is 0 Å². The van der Waals surface area contributed by atoms with Gasteiger partial charge in [-0.3, -0.25) is 0 Å². The zero-order chi connectivity index (χ0) is 19.3. The van der Waals surface area contributed by atoms with Crippen LogP contribution in [0, 0.1) is 0 Å². The summed E-state index contributed by atoms with van der Waals surface area (Å²) in [6, 6.07) is 8.69. The molecule has 8 heteroatoms. The molecule has 0 aliphatic carbocycles. The third kappa shape index (κ3) is 5.50. The van der Waals surface area contributed by atoms with Crippen LogP contribution in [0.3, 0.4) is 0 Å². The first kappa shape index (κ1) is 24.0. The Morgan fingerprint density at radius 2 is 0.808 bits per heavy atom. The van der Waals surface area contributed by atoms with E-state index in [9.17, 15) is 0 Å². The molecule has 2 rings (SSSR count). The third-order valence-corrected chi connectivity index (χ3v) is 15.4. The second-order valence-electron chi connectivity index (χ2n) is 10.1. The van der Waals surface area contributed by atoms with E-state index in [2.05, 4.69) is 89.7 Å². The molecule has 0 radical (unpaired) electrons. The number of rotatable bonds is 6. The van der Waals surface area contributed by atoms with Crippen molar-refractivity contribution in [2.24, 2.45) is 0 Å². The van der Waals surface area contributed by atoms with Gasteiger partial charge in [0, 0.05) is 16.5 Å². The van der Waals surface area contributed by atoms with E-state index >= 15 is 0 Å². The normalized spacial score (nSPS) is 13.6. The van der Waals surface area contributed by atoms with Crippen LogP contribution in [0.15, 0.2) is 33.1 Å². The van der Waals surface area contributed by atoms with Crippen LogP contribution in [0.4, 0.5) is 0 Å². The Kier molecular flexibility index (Phi) is 7.19. The molecule has 0 N–H and O–H groups in total. The minimum atomic E-state index is -2.00. The summed E-state index contributed by atoms with van der Waals surface area (Å²) in [5.74, 6) is 0. The maximum Gasteiger partial charge on any atom is 1.00 e. The van der Waals surface area contributed by atoms with Gasteiger partial charge in [-0.15, -0.1) is 0 Å². The van der Waals surface area contributed by atoms with Gasteiger partial charge in [0.25, 0.3) is 0 Å². The van der Waals surface area contributed by atoms with Crippen LogP contribution < -0.4 is 40.4 Å². The van der Waals surface area contributed by atoms with Crippen molar-refractivity contribution in [2.45, 2.75) is 65.5 Å². The molecule has 0 saturated carbocycles. The molecule has 26 heavy (non-hydrogen) atoms. The van der Waals surface area contributed by atoms with Gasteiger partial charge < -0.3 is 13.5 Å². The van der Waals surface area contributed by atoms with E-state index in [1.54, 1.807) is 0 Å². The van der Waals surface area contributed by atoms with Crippen molar-refractivity contribution in [3.05, 3.63) is 28.9 Å². The summed E-state index contributed by atoms with van der Waals surface area (Å²) < 4.78 is 18.0. The summed E-state index contributed by atoms with van der Waals surface area (Å²) in [7, 11) is -6.84. The van der Waals surface area contributed by atoms with Crippen LogP contribution in [-0.4, -0.2) is 32.6 Å². The molecule has 0 bridgehead atoms. The number of hydrogen-bond donors (Lipinski definition) is 0. The van der Waals surface area contributed by atoms with Crippen molar-refractivity contribution in [3.63, 3.8) is 0 Å². The van der Waals surface area contributed by atoms with Crippen LogP contribution >= 0.6 is 0 Å². The molecule has 0 saturated heterocycles. The molecule has 2 aromatic heterocycles. The Morgan fingerprint density at radius 3 is 1.04 bits per heavy atom. The summed E-state index contributed by atoms with van der Waals surface area (Å²) in [5.41, 5.74) is 0. The minimum Gasteiger partial charge on any atom is -0.655 e. The largest absolute Gasteiger partial charge is 1.00 e. The van der Waals surface area contributed by atoms with E-state index in [-0.39, 0.29) is 18.9 Å². The summed E-state index contributed by atoms with van der Waals surface area (Å²) in [6.07, 6.45) is 0. The van der Waals surface area contributed by atoms with Crippen molar-refractivity contribution in [2.75, 3.05) is 0 Å². The topological polar surface area (TPSA) is 40.4 Å². The maximum atomic E-state index is 6.28. The Labute approximate surface area is 175 Å². The van der Waals surface area contributed by atoms with Crippen molar-refractivity contribution in [1.29, 1.82) is 0 Å². The number of furan rings is 2. The van der Waals surface area contributed by atoms with E-state index in [1.165, 1.54) is 10.8 Å². The van der Waals surface area contributed by atoms with E-state index in [1.807, 2.05) is 0 Å². The van der Waals surface area contributed by atoms with Gasteiger partial charge in [-0.05, 0) is 24.3 Å². The first-order valence-electron chi connectivity index (χ1n) is 9.09. The molecule has 0 fully saturated rings. The number of hydrogen-bond acceptors (Lipinski definition) is 2. The van der Waals surface area contributed by atoms with E-state index in [0.29, 0.717) is 0 Å². The molecule has 2 heterocycles. The fraction of sp³-hybridized carbons (Fsp3) is 0.556. The molecule has 140 valence electrons. The van der Waals surface area contributed by atoms with Crippen LogP contribution in [-0.2, 0) is 0 Å². The molecule has 0 aromatic carbocycles. The smallest absolute Gasteiger partial charge is 0.655 e. The molecular weight excluding hydrogens is 381 g/mol. The van der Waals surface area contributed by atoms with Crippen molar-refractivity contribution < 1.29 is 27.7 Å². The molecule has 0 spiro atoms. The Hall–Kier alpha value is -0.0151. The predicted octanol–water partition coefficient (Wildman–Crippen LogP) is 0.865. The maximum absolute atomic E-state index is 6.28. The molecule has 0 atom stereocenters. The average Bonchev–Trinajstić information content (AvgIpc) is 3.06. The zero-order valence-corrected chi connectivity index (χ0v) is 22.6. The van der Waals surface area contributed by atoms with Crippen molar-refractivity contribution in [3.8, 4) is 0 Å². The fourth-order valence-corrected chi connectivity index (χ4v) is 13.3. The van der Waals surface area contributed by atoms with Gasteiger partial charge in [0.1, 0.15) is 16.1 Å². The van der Waals surface area contributed by atoms with E-state index in [0.717, 1.165) is 10.8 Å². The summed E-state index contributed by atoms with van der Waals surface area (Å²) in [5, 5.41) is 4.55. The van der Waals surface area contributed by atoms with Crippen LogP contribution in [0.5, 0.6) is 0 Å². The molecular formula is C18H34LiNO2Si4. The summed E-state index contributed by atoms with van der Waals surface area (Å²) >= 11 is 0. The standard InChI is InChI=1S/C18H34NO2Si4.Li/c1-22(2,3)15-11-13-17(20-15)24(7,8)19-25(9,10)18-14-12-16(21-18)23(4,5)6;/h11-14H,1-10H3;/q-1;+1. The molecule has 3 nitrogen and oxygen atoms in total. The molecule has 2 aromatic rings. The third-order valence-electron chi connectivity index (χ3n) is 4.46. The van der Waals surface area contributed by atoms with Gasteiger partial charge in [0.2, 0.25) is 0 Å². The Balaban J connectivity index is 0.00000338. The summed E-state index contributed by atoms with van der Waals surface area (Å²) in [6.45, 7) is 23.1. The Bertz CT molecular complexity index is 677. The minimum absolute atomic E-state index is 0. The first-order chi connectivity index (χ1) is 11.1. The predicted molar refractivity (Wildman–Crippen MR) is 121 cm³/mol. The van der Waals surface area contributed by atoms with Crippen molar-refractivity contribution >= 4 is 54.2 Å². The zero-order valence-electron chi connectivity index (χ0n) is 18.6. The average molecular weight is 416 g/mol. The molecule has 0 amide bonds. The van der Waals surface area contributed by atoms with Crippen LogP contribution in [0.2, 0.25) is 65.5 Å². The van der Waals surface area contributed by atoms with Gasteiger partial charge in [-0.25, -0.2) is 0 Å². The second kappa shape index (κ2) is 7.78. The number of nitrogens with zero attached hydrogens (tertiary/aromatic N) is 1. The monoisotopic (exact) mass is 415 g/mol. The van der Waals surface area contributed by atoms with Gasteiger partial charge in [0.15, 0.2) is 0 Å². The SMILES string of the molecule is C[Si](C)(C)c1ccc([Si](C)(C)[N-][Si](C)(C)c2ccc([Si](C)(C)C)o2)o1.[Li+]. The second-order valence-corrected chi connectivity index (χ2v) is 28.2. The molecule has 0 aliphatic heterocycles. The van der Waals surface area contributed by atoms with Gasteiger partial charge in [-0.2, -0.15) is 0 Å². The fourth-order valence-electron chi connectivity index (χ4n) is 2.95. The quantitative estimate of drug-likeness (QED) is 0.657. The molecule has 0 aliphatic rings. The van der Waals surface area contributed by atoms with Crippen LogP contribution in [0.25, 0.3) is 4.65 Å². The van der Waals surface area contributed by atoms with E-state index in [4.69, 9.17) is 13.5 Å². The molecule has 0 unspecified atom stereocenters. The van der Waals surface area contributed by atoms with Gasteiger partial charge in [0.05, 0.1) is 21.5 Å². The Morgan fingerprint density at radius 1 is 0.538 bits per heavy atom.